The molecule has 0 heterocycles. The smallest absolute Gasteiger partial charge is 0.175 e. The van der Waals surface area contributed by atoms with Crippen molar-refractivity contribution in [2.45, 2.75) is 70.6 Å². The SMILES string of the molecule is CCCCC1CCC2CC(c3cc(F)c4c(F)c(OC)ccc4c3)CCC2C1. The number of benzene rings is 2. The second-order valence-electron chi connectivity index (χ2n) is 9.03. The number of hydrogen-bond donors (Lipinski definition) is 0. The molecular weight excluding hydrogens is 354 g/mol. The quantitative estimate of drug-likeness (QED) is 0.513. The van der Waals surface area contributed by atoms with Crippen LogP contribution in [0.1, 0.15) is 76.2 Å². The van der Waals surface area contributed by atoms with Crippen LogP contribution in [0, 0.1) is 29.4 Å². The first kappa shape index (κ1) is 19.7. The maximum absolute atomic E-state index is 14.8. The monoisotopic (exact) mass is 386 g/mol. The minimum Gasteiger partial charge on any atom is -0.494 e. The third-order valence-corrected chi connectivity index (χ3v) is 7.37. The Morgan fingerprint density at radius 2 is 1.79 bits per heavy atom. The molecule has 2 fully saturated rings. The van der Waals surface area contributed by atoms with Gasteiger partial charge in [-0.15, -0.1) is 0 Å². The van der Waals surface area contributed by atoms with Gasteiger partial charge in [-0.25, -0.2) is 8.78 Å². The average Bonchev–Trinajstić information content (AvgIpc) is 2.71. The Labute approximate surface area is 167 Å². The Hall–Kier alpha value is -1.64. The first-order valence-corrected chi connectivity index (χ1v) is 11.1. The van der Waals surface area contributed by atoms with Crippen LogP contribution in [0.5, 0.6) is 5.75 Å². The molecule has 0 aromatic heterocycles. The van der Waals surface area contributed by atoms with Crippen molar-refractivity contribution in [3.8, 4) is 5.75 Å². The molecule has 2 aromatic carbocycles. The van der Waals surface area contributed by atoms with Gasteiger partial charge in [0.2, 0.25) is 0 Å². The zero-order chi connectivity index (χ0) is 19.7. The van der Waals surface area contributed by atoms with E-state index in [0.717, 1.165) is 36.2 Å². The standard InChI is InChI=1S/C25H32F2O/c1-3-4-5-16-6-7-18-13-19(9-8-17(18)12-16)21-14-20-10-11-23(28-2)25(27)24(20)22(26)15-21/h10-11,14-19H,3-9,12-13H2,1-2H3. The third kappa shape index (κ3) is 3.77. The zero-order valence-electron chi connectivity index (χ0n) is 17.1. The van der Waals surface area contributed by atoms with Crippen molar-refractivity contribution in [2.75, 3.05) is 7.11 Å². The molecule has 0 spiro atoms. The van der Waals surface area contributed by atoms with Gasteiger partial charge < -0.3 is 4.74 Å². The van der Waals surface area contributed by atoms with Crippen LogP contribution in [0.2, 0.25) is 0 Å². The first-order chi connectivity index (χ1) is 13.6. The van der Waals surface area contributed by atoms with Gasteiger partial charge in [0, 0.05) is 0 Å². The lowest BCUT2D eigenvalue weighted by Gasteiger charge is -2.42. The Balaban J connectivity index is 1.51. The molecule has 0 amide bonds. The Morgan fingerprint density at radius 1 is 1.00 bits per heavy atom. The van der Waals surface area contributed by atoms with Crippen LogP contribution >= 0.6 is 0 Å². The van der Waals surface area contributed by atoms with Gasteiger partial charge in [-0.05, 0) is 78.9 Å². The van der Waals surface area contributed by atoms with E-state index >= 15 is 0 Å². The summed E-state index contributed by atoms with van der Waals surface area (Å²) < 4.78 is 34.3. The predicted octanol–water partition coefficient (Wildman–Crippen LogP) is 7.62. The normalized spacial score (nSPS) is 27.6. The van der Waals surface area contributed by atoms with Crippen LogP contribution in [-0.4, -0.2) is 7.11 Å². The highest BCUT2D eigenvalue weighted by molar-refractivity contribution is 5.86. The van der Waals surface area contributed by atoms with Crippen molar-refractivity contribution in [1.29, 1.82) is 0 Å². The third-order valence-electron chi connectivity index (χ3n) is 7.37. The van der Waals surface area contributed by atoms with E-state index in [-0.39, 0.29) is 11.1 Å². The van der Waals surface area contributed by atoms with Crippen LogP contribution in [-0.2, 0) is 0 Å². The molecule has 4 atom stereocenters. The lowest BCUT2D eigenvalue weighted by atomic mass is 9.63. The van der Waals surface area contributed by atoms with E-state index in [0.29, 0.717) is 11.3 Å². The fraction of sp³-hybridized carbons (Fsp3) is 0.600. The van der Waals surface area contributed by atoms with E-state index in [1.54, 1.807) is 18.2 Å². The molecule has 1 nitrogen and oxygen atoms in total. The molecule has 0 N–H and O–H groups in total. The van der Waals surface area contributed by atoms with Gasteiger partial charge in [0.05, 0.1) is 12.5 Å². The molecule has 152 valence electrons. The number of fused-ring (bicyclic) bond motifs is 2. The molecule has 0 radical (unpaired) electrons. The van der Waals surface area contributed by atoms with Gasteiger partial charge in [-0.2, -0.15) is 0 Å². The van der Waals surface area contributed by atoms with Crippen LogP contribution in [0.15, 0.2) is 24.3 Å². The zero-order valence-corrected chi connectivity index (χ0v) is 17.1. The Bertz CT molecular complexity index is 831. The second kappa shape index (κ2) is 8.39. The van der Waals surface area contributed by atoms with E-state index in [1.807, 2.05) is 6.07 Å². The van der Waals surface area contributed by atoms with Crippen LogP contribution in [0.25, 0.3) is 10.8 Å². The number of methoxy groups -OCH3 is 1. The highest BCUT2D eigenvalue weighted by Gasteiger charge is 2.36. The molecule has 2 saturated carbocycles. The van der Waals surface area contributed by atoms with Crippen molar-refractivity contribution in [3.05, 3.63) is 41.5 Å². The highest BCUT2D eigenvalue weighted by Crippen LogP contribution is 2.49. The fourth-order valence-corrected chi connectivity index (χ4v) is 5.81. The summed E-state index contributed by atoms with van der Waals surface area (Å²) in [6.45, 7) is 2.28. The number of rotatable bonds is 5. The van der Waals surface area contributed by atoms with Crippen molar-refractivity contribution in [1.82, 2.24) is 0 Å². The molecule has 3 heteroatoms. The molecule has 0 aliphatic heterocycles. The molecule has 2 aromatic rings. The summed E-state index contributed by atoms with van der Waals surface area (Å²) in [6, 6.07) is 6.94. The Morgan fingerprint density at radius 3 is 2.57 bits per heavy atom. The molecule has 0 saturated heterocycles. The summed E-state index contributed by atoms with van der Waals surface area (Å²) in [7, 11) is 1.41. The number of hydrogen-bond acceptors (Lipinski definition) is 1. The van der Waals surface area contributed by atoms with Gasteiger partial charge in [-0.3, -0.25) is 0 Å². The van der Waals surface area contributed by atoms with Crippen LogP contribution in [0.3, 0.4) is 0 Å². The maximum Gasteiger partial charge on any atom is 0.175 e. The van der Waals surface area contributed by atoms with E-state index in [1.165, 1.54) is 52.1 Å². The van der Waals surface area contributed by atoms with Gasteiger partial charge in [0.25, 0.3) is 0 Å². The topological polar surface area (TPSA) is 9.23 Å². The average molecular weight is 387 g/mol. The van der Waals surface area contributed by atoms with Crippen molar-refractivity contribution in [2.24, 2.45) is 17.8 Å². The summed E-state index contributed by atoms with van der Waals surface area (Å²) in [4.78, 5) is 0. The van der Waals surface area contributed by atoms with E-state index < -0.39 is 11.6 Å². The molecule has 0 bridgehead atoms. The molecule has 28 heavy (non-hydrogen) atoms. The number of halogens is 2. The second-order valence-corrected chi connectivity index (χ2v) is 9.03. The largest absolute Gasteiger partial charge is 0.494 e. The molecule has 4 unspecified atom stereocenters. The highest BCUT2D eigenvalue weighted by atomic mass is 19.1. The van der Waals surface area contributed by atoms with E-state index in [2.05, 4.69) is 6.92 Å². The lowest BCUT2D eigenvalue weighted by molar-refractivity contribution is 0.113. The van der Waals surface area contributed by atoms with E-state index in [9.17, 15) is 8.78 Å². The van der Waals surface area contributed by atoms with E-state index in [4.69, 9.17) is 4.74 Å². The summed E-state index contributed by atoms with van der Waals surface area (Å²) >= 11 is 0. The molecule has 2 aliphatic carbocycles. The number of unbranched alkanes of at least 4 members (excludes halogenated alkanes) is 1. The van der Waals surface area contributed by atoms with Crippen molar-refractivity contribution >= 4 is 10.8 Å². The molecule has 2 aliphatic rings. The minimum atomic E-state index is -0.599. The van der Waals surface area contributed by atoms with Gasteiger partial charge in [0.15, 0.2) is 11.6 Å². The van der Waals surface area contributed by atoms with Crippen LogP contribution in [0.4, 0.5) is 8.78 Å². The summed E-state index contributed by atoms with van der Waals surface area (Å²) in [6.07, 6.45) is 11.7. The maximum atomic E-state index is 14.8. The summed E-state index contributed by atoms with van der Waals surface area (Å²) in [5, 5.41) is 0.687. The first-order valence-electron chi connectivity index (χ1n) is 11.1. The van der Waals surface area contributed by atoms with Crippen LogP contribution < -0.4 is 4.74 Å². The van der Waals surface area contributed by atoms with Gasteiger partial charge in [0.1, 0.15) is 5.82 Å². The van der Waals surface area contributed by atoms with Crippen molar-refractivity contribution < 1.29 is 13.5 Å². The van der Waals surface area contributed by atoms with Gasteiger partial charge in [-0.1, -0.05) is 44.7 Å². The summed E-state index contributed by atoms with van der Waals surface area (Å²) in [5.74, 6) is 2.00. The lowest BCUT2D eigenvalue weighted by Crippen LogP contribution is -2.30. The Kier molecular flexibility index (Phi) is 5.89. The van der Waals surface area contributed by atoms with Crippen molar-refractivity contribution in [3.63, 3.8) is 0 Å². The fourth-order valence-electron chi connectivity index (χ4n) is 5.81. The number of ether oxygens (including phenoxy) is 1. The minimum absolute atomic E-state index is 0.0493. The molecular formula is C25H32F2O. The molecule has 4 rings (SSSR count). The predicted molar refractivity (Wildman–Crippen MR) is 111 cm³/mol. The summed E-state index contributed by atoms with van der Waals surface area (Å²) in [5.41, 5.74) is 1.04. The van der Waals surface area contributed by atoms with Gasteiger partial charge >= 0.3 is 0 Å².